The molecule has 3 aromatic carbocycles. The van der Waals surface area contributed by atoms with Gasteiger partial charge in [-0.15, -0.1) is 0 Å². The third-order valence-corrected chi connectivity index (χ3v) is 7.68. The van der Waals surface area contributed by atoms with Gasteiger partial charge in [-0.05, 0) is 62.2 Å². The van der Waals surface area contributed by atoms with E-state index in [1.807, 2.05) is 37.3 Å². The molecular formula is C29H29Cl2NO5. The molecule has 2 N–H and O–H groups in total. The molecule has 1 saturated heterocycles. The lowest BCUT2D eigenvalue weighted by Gasteiger charge is -2.44. The number of fused-ring (bicyclic) bond motifs is 1. The third-order valence-electron chi connectivity index (χ3n) is 7.18. The average Bonchev–Trinajstić information content (AvgIpc) is 3.37. The molecule has 4 atom stereocenters. The van der Waals surface area contributed by atoms with E-state index in [1.165, 1.54) is 0 Å². The van der Waals surface area contributed by atoms with Gasteiger partial charge < -0.3 is 19.7 Å². The van der Waals surface area contributed by atoms with Crippen LogP contribution in [0, 0.1) is 0 Å². The zero-order valence-electron chi connectivity index (χ0n) is 20.8. The normalized spacial score (nSPS) is 24.4. The molecule has 2 aliphatic rings. The zero-order chi connectivity index (χ0) is 26.5. The van der Waals surface area contributed by atoms with E-state index in [9.17, 15) is 15.0 Å². The van der Waals surface area contributed by atoms with Crippen molar-refractivity contribution in [2.75, 3.05) is 13.2 Å². The second-order valence-corrected chi connectivity index (χ2v) is 11.0. The van der Waals surface area contributed by atoms with Crippen LogP contribution in [0.1, 0.15) is 59.4 Å². The molecule has 0 bridgehead atoms. The van der Waals surface area contributed by atoms with Crippen molar-refractivity contribution in [1.82, 2.24) is 4.90 Å². The first-order valence-electron chi connectivity index (χ1n) is 12.2. The summed E-state index contributed by atoms with van der Waals surface area (Å²) in [5.74, 6) is -0.257. The fraction of sp³-hybridized carbons (Fsp3) is 0.345. The Morgan fingerprint density at radius 2 is 1.65 bits per heavy atom. The number of benzene rings is 3. The molecule has 0 aliphatic carbocycles. The predicted octanol–water partition coefficient (Wildman–Crippen LogP) is 5.42. The minimum Gasteiger partial charge on any atom is -0.388 e. The molecule has 2 heterocycles. The van der Waals surface area contributed by atoms with Gasteiger partial charge in [0.15, 0.2) is 5.72 Å². The minimum absolute atomic E-state index is 0.145. The lowest BCUT2D eigenvalue weighted by molar-refractivity contribution is -0.172. The Balaban J connectivity index is 1.77. The number of hydrogen-bond donors (Lipinski definition) is 2. The van der Waals surface area contributed by atoms with Crippen molar-refractivity contribution in [3.63, 3.8) is 0 Å². The van der Waals surface area contributed by atoms with Gasteiger partial charge in [-0.25, -0.2) is 0 Å². The van der Waals surface area contributed by atoms with Gasteiger partial charge in [0.25, 0.3) is 5.91 Å². The fourth-order valence-electron chi connectivity index (χ4n) is 5.15. The smallest absolute Gasteiger partial charge is 0.257 e. The molecule has 3 aromatic rings. The van der Waals surface area contributed by atoms with Gasteiger partial charge in [-0.3, -0.25) is 9.69 Å². The topological polar surface area (TPSA) is 79.2 Å². The van der Waals surface area contributed by atoms with Crippen LogP contribution in [0.4, 0.5) is 0 Å². The van der Waals surface area contributed by atoms with Crippen LogP contribution in [-0.4, -0.2) is 46.4 Å². The first-order valence-corrected chi connectivity index (χ1v) is 12.9. The van der Waals surface area contributed by atoms with Crippen LogP contribution in [0.3, 0.4) is 0 Å². The number of nitrogens with zero attached hydrogens (tertiary/aromatic N) is 1. The SMILES string of the molecule is C[C@@H](c1ccc(Cl)cc1)N1C(=O)c2cc(C(C)(C)O)ccc2[C@]1(OC1COC[C@H]1O)c1ccc(Cl)cc1. The van der Waals surface area contributed by atoms with E-state index in [0.29, 0.717) is 32.3 Å². The van der Waals surface area contributed by atoms with Crippen LogP contribution in [0.2, 0.25) is 10.0 Å². The number of aliphatic hydroxyl groups is 2. The highest BCUT2D eigenvalue weighted by Gasteiger charge is 2.56. The van der Waals surface area contributed by atoms with Crippen molar-refractivity contribution in [1.29, 1.82) is 0 Å². The number of hydrogen-bond acceptors (Lipinski definition) is 5. The molecule has 0 radical (unpaired) electrons. The molecule has 194 valence electrons. The first kappa shape index (κ1) is 26.2. The number of rotatable bonds is 6. The van der Waals surface area contributed by atoms with Gasteiger partial charge in [-0.2, -0.15) is 0 Å². The summed E-state index contributed by atoms with van der Waals surface area (Å²) in [6.07, 6.45) is -1.53. The molecule has 5 rings (SSSR count). The van der Waals surface area contributed by atoms with Crippen molar-refractivity contribution in [3.8, 4) is 0 Å². The molecule has 0 saturated carbocycles. The second kappa shape index (κ2) is 9.70. The molecular weight excluding hydrogens is 513 g/mol. The van der Waals surface area contributed by atoms with Crippen LogP contribution in [0.5, 0.6) is 0 Å². The van der Waals surface area contributed by atoms with Gasteiger partial charge in [0.2, 0.25) is 0 Å². The summed E-state index contributed by atoms with van der Waals surface area (Å²) in [5.41, 5.74) is 0.641. The maximum Gasteiger partial charge on any atom is 0.257 e. The molecule has 0 aromatic heterocycles. The van der Waals surface area contributed by atoms with E-state index < -0.39 is 29.6 Å². The Morgan fingerprint density at radius 1 is 1.03 bits per heavy atom. The van der Waals surface area contributed by atoms with Crippen LogP contribution in [0.25, 0.3) is 0 Å². The fourth-order valence-corrected chi connectivity index (χ4v) is 5.40. The Kier molecular flexibility index (Phi) is 6.86. The standard InChI is InChI=1S/C29H29Cl2NO5/c1-17(18-4-9-21(30)10-5-18)32-27(34)23-14-20(28(2,3)35)8-13-24(23)29(32,19-6-11-22(31)12-7-19)37-26-16-36-15-25(26)33/h4-14,17,25-26,33,35H,15-16H2,1-3H3/t17-,25+,26?,29+/m0/s1. The van der Waals surface area contributed by atoms with Crippen LogP contribution >= 0.6 is 23.2 Å². The maximum absolute atomic E-state index is 14.3. The number of carbonyl (C=O) groups is 1. The molecule has 0 spiro atoms. The molecule has 37 heavy (non-hydrogen) atoms. The molecule has 1 amide bonds. The van der Waals surface area contributed by atoms with Crippen LogP contribution in [-0.2, 0) is 20.8 Å². The highest BCUT2D eigenvalue weighted by atomic mass is 35.5. The Bertz CT molecular complexity index is 1310. The van der Waals surface area contributed by atoms with E-state index in [4.69, 9.17) is 32.7 Å². The number of ether oxygens (including phenoxy) is 2. The number of amides is 1. The second-order valence-electron chi connectivity index (χ2n) is 10.1. The average molecular weight is 542 g/mol. The van der Waals surface area contributed by atoms with Gasteiger partial charge >= 0.3 is 0 Å². The summed E-state index contributed by atoms with van der Waals surface area (Å²) in [7, 11) is 0. The zero-order valence-corrected chi connectivity index (χ0v) is 22.3. The van der Waals surface area contributed by atoms with Crippen LogP contribution in [0.15, 0.2) is 66.7 Å². The van der Waals surface area contributed by atoms with Crippen molar-refractivity contribution < 1.29 is 24.5 Å². The van der Waals surface area contributed by atoms with Gasteiger partial charge in [0.1, 0.15) is 12.2 Å². The van der Waals surface area contributed by atoms with Crippen LogP contribution < -0.4 is 0 Å². The molecule has 2 aliphatic heterocycles. The number of aliphatic hydroxyl groups excluding tert-OH is 1. The van der Waals surface area contributed by atoms with Crippen molar-refractivity contribution >= 4 is 29.1 Å². The monoisotopic (exact) mass is 541 g/mol. The Labute approximate surface area is 226 Å². The van der Waals surface area contributed by atoms with Crippen molar-refractivity contribution in [2.24, 2.45) is 0 Å². The summed E-state index contributed by atoms with van der Waals surface area (Å²) in [6.45, 7) is 5.62. The van der Waals surface area contributed by atoms with E-state index in [2.05, 4.69) is 0 Å². The van der Waals surface area contributed by atoms with Gasteiger partial charge in [0.05, 0.1) is 24.9 Å². The number of carbonyl (C=O) groups excluding carboxylic acids is 1. The summed E-state index contributed by atoms with van der Waals surface area (Å²) in [5, 5.41) is 22.5. The summed E-state index contributed by atoms with van der Waals surface area (Å²) >= 11 is 12.4. The molecule has 6 nitrogen and oxygen atoms in total. The van der Waals surface area contributed by atoms with Gasteiger partial charge in [0, 0.05) is 26.7 Å². The highest BCUT2D eigenvalue weighted by Crippen LogP contribution is 2.51. The highest BCUT2D eigenvalue weighted by molar-refractivity contribution is 6.30. The minimum atomic E-state index is -1.40. The largest absolute Gasteiger partial charge is 0.388 e. The number of halogens is 2. The van der Waals surface area contributed by atoms with E-state index in [-0.39, 0.29) is 19.1 Å². The molecule has 1 unspecified atom stereocenters. The maximum atomic E-state index is 14.3. The predicted molar refractivity (Wildman–Crippen MR) is 142 cm³/mol. The van der Waals surface area contributed by atoms with Gasteiger partial charge in [-0.1, -0.05) is 59.6 Å². The van der Waals surface area contributed by atoms with Crippen molar-refractivity contribution in [3.05, 3.63) is 105 Å². The molecule has 1 fully saturated rings. The summed E-state index contributed by atoms with van der Waals surface area (Å²) in [4.78, 5) is 16.0. The molecule has 8 heteroatoms. The summed E-state index contributed by atoms with van der Waals surface area (Å²) in [6, 6.07) is 19.4. The quantitative estimate of drug-likeness (QED) is 0.435. The lowest BCUT2D eigenvalue weighted by atomic mass is 9.88. The van der Waals surface area contributed by atoms with E-state index >= 15 is 0 Å². The van der Waals surface area contributed by atoms with E-state index in [1.54, 1.807) is 55.1 Å². The van der Waals surface area contributed by atoms with Crippen molar-refractivity contribution in [2.45, 2.75) is 50.3 Å². The summed E-state index contributed by atoms with van der Waals surface area (Å²) < 4.78 is 12.3. The van der Waals surface area contributed by atoms with E-state index in [0.717, 1.165) is 5.56 Å². The third kappa shape index (κ3) is 4.56. The first-order chi connectivity index (χ1) is 17.5. The Hall–Kier alpha value is -2.45. The lowest BCUT2D eigenvalue weighted by Crippen LogP contribution is -2.51. The Morgan fingerprint density at radius 3 is 2.22 bits per heavy atom.